The highest BCUT2D eigenvalue weighted by molar-refractivity contribution is 5.78. The van der Waals surface area contributed by atoms with Crippen molar-refractivity contribution in [3.8, 4) is 0 Å². The van der Waals surface area contributed by atoms with E-state index in [2.05, 4.69) is 48.3 Å². The Morgan fingerprint density at radius 2 is 1.52 bits per heavy atom. The molecule has 122 valence electrons. The second-order valence-electron chi connectivity index (χ2n) is 5.61. The van der Waals surface area contributed by atoms with Gasteiger partial charge in [0.15, 0.2) is 0 Å². The molecule has 23 heavy (non-hydrogen) atoms. The predicted molar refractivity (Wildman–Crippen MR) is 95.3 cm³/mol. The molecule has 1 unspecified atom stereocenters. The number of nitrogens with one attached hydrogen (secondary N) is 1. The zero-order valence-corrected chi connectivity index (χ0v) is 14.0. The first-order valence-electron chi connectivity index (χ1n) is 8.34. The van der Waals surface area contributed by atoms with Crippen LogP contribution in [0.15, 0.2) is 60.7 Å². The molecule has 1 amide bonds. The summed E-state index contributed by atoms with van der Waals surface area (Å²) in [6.45, 7) is 6.88. The van der Waals surface area contributed by atoms with E-state index in [1.807, 2.05) is 36.4 Å². The summed E-state index contributed by atoms with van der Waals surface area (Å²) in [5.74, 6) is 0.0734. The van der Waals surface area contributed by atoms with Crippen LogP contribution in [0.1, 0.15) is 31.0 Å². The second-order valence-corrected chi connectivity index (χ2v) is 5.61. The number of carbonyl (C=O) groups excluding carboxylic acids is 1. The number of likely N-dealkylation sites (N-methyl/N-ethyl adjacent to an activating group) is 1. The van der Waals surface area contributed by atoms with E-state index in [-0.39, 0.29) is 11.9 Å². The van der Waals surface area contributed by atoms with Gasteiger partial charge in [-0.3, -0.25) is 9.69 Å². The van der Waals surface area contributed by atoms with E-state index in [1.54, 1.807) is 0 Å². The Balaban J connectivity index is 1.99. The van der Waals surface area contributed by atoms with Gasteiger partial charge in [-0.2, -0.15) is 0 Å². The molecular formula is C20H26N2O. The largest absolute Gasteiger partial charge is 0.354 e. The Labute approximate surface area is 139 Å². The maximum atomic E-state index is 12.2. The third kappa shape index (κ3) is 5.22. The van der Waals surface area contributed by atoms with Gasteiger partial charge in [0, 0.05) is 6.54 Å². The zero-order valence-electron chi connectivity index (χ0n) is 14.0. The van der Waals surface area contributed by atoms with E-state index in [0.717, 1.165) is 18.7 Å². The molecule has 0 aromatic heterocycles. The number of amides is 1. The molecule has 0 fully saturated rings. The Morgan fingerprint density at radius 1 is 0.957 bits per heavy atom. The Bertz CT molecular complexity index is 579. The molecule has 3 heteroatoms. The lowest BCUT2D eigenvalue weighted by molar-refractivity contribution is -0.120. The molecule has 0 spiro atoms. The molecule has 1 atom stereocenters. The SMILES string of the molecule is CCN(CC)C(CNC(=O)Cc1ccccc1)c1ccccc1. The highest BCUT2D eigenvalue weighted by Gasteiger charge is 2.18. The van der Waals surface area contributed by atoms with Gasteiger partial charge in [0.1, 0.15) is 0 Å². The Kier molecular flexibility index (Phi) is 6.82. The van der Waals surface area contributed by atoms with Crippen molar-refractivity contribution in [2.24, 2.45) is 0 Å². The van der Waals surface area contributed by atoms with Crippen LogP contribution in [0, 0.1) is 0 Å². The fourth-order valence-corrected chi connectivity index (χ4v) is 2.85. The van der Waals surface area contributed by atoms with Crippen molar-refractivity contribution in [2.45, 2.75) is 26.3 Å². The monoisotopic (exact) mass is 310 g/mol. The van der Waals surface area contributed by atoms with E-state index in [0.29, 0.717) is 13.0 Å². The summed E-state index contributed by atoms with van der Waals surface area (Å²) in [5, 5.41) is 3.10. The van der Waals surface area contributed by atoms with Crippen LogP contribution >= 0.6 is 0 Å². The minimum atomic E-state index is 0.0734. The van der Waals surface area contributed by atoms with Crippen molar-refractivity contribution in [3.63, 3.8) is 0 Å². The smallest absolute Gasteiger partial charge is 0.224 e. The maximum Gasteiger partial charge on any atom is 0.224 e. The number of rotatable bonds is 8. The van der Waals surface area contributed by atoms with Crippen molar-refractivity contribution < 1.29 is 4.79 Å². The molecule has 0 saturated heterocycles. The normalized spacial score (nSPS) is 12.1. The lowest BCUT2D eigenvalue weighted by Gasteiger charge is -2.30. The van der Waals surface area contributed by atoms with Gasteiger partial charge >= 0.3 is 0 Å². The Morgan fingerprint density at radius 3 is 2.09 bits per heavy atom. The van der Waals surface area contributed by atoms with Crippen LogP contribution in [-0.2, 0) is 11.2 Å². The van der Waals surface area contributed by atoms with Crippen molar-refractivity contribution in [1.82, 2.24) is 10.2 Å². The predicted octanol–water partition coefficient (Wildman–Crippen LogP) is 3.43. The molecule has 2 rings (SSSR count). The summed E-state index contributed by atoms with van der Waals surface area (Å²) in [7, 11) is 0. The second kappa shape index (κ2) is 9.11. The molecule has 0 bridgehead atoms. The van der Waals surface area contributed by atoms with Gasteiger partial charge < -0.3 is 5.32 Å². The minimum Gasteiger partial charge on any atom is -0.354 e. The van der Waals surface area contributed by atoms with Gasteiger partial charge in [-0.1, -0.05) is 74.5 Å². The first-order valence-corrected chi connectivity index (χ1v) is 8.34. The molecule has 0 aliphatic rings. The van der Waals surface area contributed by atoms with Crippen LogP contribution in [-0.4, -0.2) is 30.4 Å². The van der Waals surface area contributed by atoms with Crippen LogP contribution in [0.4, 0.5) is 0 Å². The van der Waals surface area contributed by atoms with E-state index in [9.17, 15) is 4.79 Å². The maximum absolute atomic E-state index is 12.2. The first kappa shape index (κ1) is 17.2. The Hall–Kier alpha value is -2.13. The van der Waals surface area contributed by atoms with E-state index >= 15 is 0 Å². The molecule has 0 aliphatic carbocycles. The highest BCUT2D eigenvalue weighted by atomic mass is 16.1. The van der Waals surface area contributed by atoms with Crippen molar-refractivity contribution in [2.75, 3.05) is 19.6 Å². The van der Waals surface area contributed by atoms with E-state index in [4.69, 9.17) is 0 Å². The summed E-state index contributed by atoms with van der Waals surface area (Å²) in [6, 6.07) is 20.5. The molecule has 2 aromatic carbocycles. The average Bonchev–Trinajstić information content (AvgIpc) is 2.60. The van der Waals surface area contributed by atoms with Gasteiger partial charge in [0.25, 0.3) is 0 Å². The minimum absolute atomic E-state index is 0.0734. The highest BCUT2D eigenvalue weighted by Crippen LogP contribution is 2.19. The first-order chi connectivity index (χ1) is 11.2. The fourth-order valence-electron chi connectivity index (χ4n) is 2.85. The number of benzene rings is 2. The number of nitrogens with zero attached hydrogens (tertiary/aromatic N) is 1. The van der Waals surface area contributed by atoms with E-state index in [1.165, 1.54) is 5.56 Å². The molecule has 2 aromatic rings. The van der Waals surface area contributed by atoms with Crippen LogP contribution in [0.2, 0.25) is 0 Å². The fraction of sp³-hybridized carbons (Fsp3) is 0.350. The van der Waals surface area contributed by atoms with Gasteiger partial charge in [-0.05, 0) is 24.2 Å². The lowest BCUT2D eigenvalue weighted by Crippen LogP contribution is -2.38. The van der Waals surface area contributed by atoms with Gasteiger partial charge in [-0.25, -0.2) is 0 Å². The van der Waals surface area contributed by atoms with Crippen molar-refractivity contribution >= 4 is 5.91 Å². The molecule has 3 nitrogen and oxygen atoms in total. The quantitative estimate of drug-likeness (QED) is 0.810. The molecule has 0 aliphatic heterocycles. The molecule has 0 heterocycles. The number of hydrogen-bond acceptors (Lipinski definition) is 2. The van der Waals surface area contributed by atoms with Crippen LogP contribution in [0.5, 0.6) is 0 Å². The zero-order chi connectivity index (χ0) is 16.5. The number of carbonyl (C=O) groups is 1. The molecule has 1 N–H and O–H groups in total. The summed E-state index contributed by atoms with van der Waals surface area (Å²) >= 11 is 0. The lowest BCUT2D eigenvalue weighted by atomic mass is 10.0. The molecular weight excluding hydrogens is 284 g/mol. The standard InChI is InChI=1S/C20H26N2O/c1-3-22(4-2)19(18-13-9-6-10-14-18)16-21-20(23)15-17-11-7-5-8-12-17/h5-14,19H,3-4,15-16H2,1-2H3,(H,21,23). The topological polar surface area (TPSA) is 32.3 Å². The van der Waals surface area contributed by atoms with Crippen LogP contribution in [0.3, 0.4) is 0 Å². The van der Waals surface area contributed by atoms with Crippen molar-refractivity contribution in [3.05, 3.63) is 71.8 Å². The van der Waals surface area contributed by atoms with E-state index < -0.39 is 0 Å². The van der Waals surface area contributed by atoms with Gasteiger partial charge in [0.05, 0.1) is 12.5 Å². The molecule has 0 radical (unpaired) electrons. The average molecular weight is 310 g/mol. The number of hydrogen-bond donors (Lipinski definition) is 1. The van der Waals surface area contributed by atoms with Gasteiger partial charge in [-0.15, -0.1) is 0 Å². The third-order valence-corrected chi connectivity index (χ3v) is 4.14. The van der Waals surface area contributed by atoms with Crippen LogP contribution < -0.4 is 5.32 Å². The summed E-state index contributed by atoms with van der Waals surface area (Å²) in [5.41, 5.74) is 2.29. The van der Waals surface area contributed by atoms with Crippen LogP contribution in [0.25, 0.3) is 0 Å². The summed E-state index contributed by atoms with van der Waals surface area (Å²) < 4.78 is 0. The van der Waals surface area contributed by atoms with Crippen molar-refractivity contribution in [1.29, 1.82) is 0 Å². The molecule has 0 saturated carbocycles. The third-order valence-electron chi connectivity index (χ3n) is 4.14. The summed E-state index contributed by atoms with van der Waals surface area (Å²) in [6.07, 6.45) is 0.431. The summed E-state index contributed by atoms with van der Waals surface area (Å²) in [4.78, 5) is 14.6. The van der Waals surface area contributed by atoms with Gasteiger partial charge in [0.2, 0.25) is 5.91 Å².